The SMILES string of the molecule is CC(C)Oc1cccc(NC(=S)NCCSCc2ccc(Cl)cc2Cl)c1. The highest BCUT2D eigenvalue weighted by Gasteiger charge is 2.03. The summed E-state index contributed by atoms with van der Waals surface area (Å²) in [6.07, 6.45) is 0.140. The maximum atomic E-state index is 6.17. The van der Waals surface area contributed by atoms with Crippen molar-refractivity contribution < 1.29 is 4.74 Å². The number of thiocarbonyl (C=S) groups is 1. The molecule has 0 radical (unpaired) electrons. The van der Waals surface area contributed by atoms with Crippen molar-refractivity contribution in [3.05, 3.63) is 58.1 Å². The van der Waals surface area contributed by atoms with Crippen molar-refractivity contribution >= 4 is 58.0 Å². The minimum atomic E-state index is 0.140. The third-order valence-electron chi connectivity index (χ3n) is 3.27. The molecule has 2 rings (SSSR count). The number of hydrogen-bond donors (Lipinski definition) is 2. The molecule has 0 unspecified atom stereocenters. The zero-order valence-corrected chi connectivity index (χ0v) is 17.9. The second kappa shape index (κ2) is 10.9. The summed E-state index contributed by atoms with van der Waals surface area (Å²) < 4.78 is 5.68. The molecule has 0 amide bonds. The molecular weight excluding hydrogens is 407 g/mol. The van der Waals surface area contributed by atoms with Crippen molar-refractivity contribution in [2.24, 2.45) is 0 Å². The molecule has 140 valence electrons. The van der Waals surface area contributed by atoms with Gasteiger partial charge in [-0.05, 0) is 55.9 Å². The molecule has 0 saturated carbocycles. The predicted molar refractivity (Wildman–Crippen MR) is 119 cm³/mol. The van der Waals surface area contributed by atoms with Gasteiger partial charge >= 0.3 is 0 Å². The lowest BCUT2D eigenvalue weighted by Gasteiger charge is -2.13. The Morgan fingerprint density at radius 2 is 2.00 bits per heavy atom. The Kier molecular flexibility index (Phi) is 8.85. The fourth-order valence-electron chi connectivity index (χ4n) is 2.15. The summed E-state index contributed by atoms with van der Waals surface area (Å²) in [5, 5.41) is 8.34. The average molecular weight is 429 g/mol. The molecule has 2 aromatic rings. The van der Waals surface area contributed by atoms with Crippen molar-refractivity contribution in [3.8, 4) is 5.75 Å². The third-order valence-corrected chi connectivity index (χ3v) is 5.11. The molecule has 0 aromatic heterocycles. The first kappa shape index (κ1) is 21.2. The number of ether oxygens (including phenoxy) is 1. The van der Waals surface area contributed by atoms with Crippen molar-refractivity contribution in [1.29, 1.82) is 0 Å². The number of nitrogens with one attached hydrogen (secondary N) is 2. The Hall–Kier alpha value is -1.14. The maximum Gasteiger partial charge on any atom is 0.170 e. The number of thioether (sulfide) groups is 1. The molecule has 0 fully saturated rings. The molecule has 0 saturated heterocycles. The largest absolute Gasteiger partial charge is 0.491 e. The van der Waals surface area contributed by atoms with Gasteiger partial charge in [-0.25, -0.2) is 0 Å². The quantitative estimate of drug-likeness (QED) is 0.397. The standard InChI is InChI=1S/C19H22Cl2N2OS2/c1-13(2)24-17-5-3-4-16(11-17)23-19(25)22-8-9-26-12-14-6-7-15(20)10-18(14)21/h3-7,10-11,13H,8-9,12H2,1-2H3,(H2,22,23,25). The van der Waals surface area contributed by atoms with Gasteiger partial charge in [0.1, 0.15) is 5.75 Å². The van der Waals surface area contributed by atoms with Crippen LogP contribution in [0.15, 0.2) is 42.5 Å². The molecule has 0 atom stereocenters. The topological polar surface area (TPSA) is 33.3 Å². The Morgan fingerprint density at radius 3 is 2.73 bits per heavy atom. The minimum Gasteiger partial charge on any atom is -0.491 e. The Morgan fingerprint density at radius 1 is 1.19 bits per heavy atom. The summed E-state index contributed by atoms with van der Waals surface area (Å²) in [5.74, 6) is 2.58. The van der Waals surface area contributed by atoms with Gasteiger partial charge in [0.15, 0.2) is 5.11 Å². The van der Waals surface area contributed by atoms with Gasteiger partial charge in [-0.2, -0.15) is 11.8 Å². The number of halogens is 2. The van der Waals surface area contributed by atoms with E-state index in [0.717, 1.165) is 35.1 Å². The number of hydrogen-bond acceptors (Lipinski definition) is 3. The van der Waals surface area contributed by atoms with Gasteiger partial charge in [-0.15, -0.1) is 0 Å². The highest BCUT2D eigenvalue weighted by molar-refractivity contribution is 7.98. The lowest BCUT2D eigenvalue weighted by Crippen LogP contribution is -2.30. The molecule has 3 nitrogen and oxygen atoms in total. The van der Waals surface area contributed by atoms with Gasteiger partial charge in [0.2, 0.25) is 0 Å². The van der Waals surface area contributed by atoms with Crippen LogP contribution >= 0.6 is 47.2 Å². The van der Waals surface area contributed by atoms with Gasteiger partial charge in [0, 0.05) is 39.8 Å². The van der Waals surface area contributed by atoms with E-state index in [1.807, 2.05) is 50.2 Å². The summed E-state index contributed by atoms with van der Waals surface area (Å²) in [6.45, 7) is 4.77. The van der Waals surface area contributed by atoms with E-state index in [0.29, 0.717) is 15.2 Å². The van der Waals surface area contributed by atoms with Crippen LogP contribution in [0.2, 0.25) is 10.0 Å². The predicted octanol–water partition coefficient (Wildman–Crippen LogP) is 6.00. The van der Waals surface area contributed by atoms with Gasteiger partial charge in [-0.1, -0.05) is 35.3 Å². The summed E-state index contributed by atoms with van der Waals surface area (Å²) in [5.41, 5.74) is 1.99. The van der Waals surface area contributed by atoms with Crippen molar-refractivity contribution in [1.82, 2.24) is 5.32 Å². The van der Waals surface area contributed by atoms with E-state index >= 15 is 0 Å². The van der Waals surface area contributed by atoms with Gasteiger partial charge < -0.3 is 15.4 Å². The fraction of sp³-hybridized carbons (Fsp3) is 0.316. The second-order valence-electron chi connectivity index (χ2n) is 5.86. The van der Waals surface area contributed by atoms with E-state index in [2.05, 4.69) is 10.6 Å². The average Bonchev–Trinajstić information content (AvgIpc) is 2.56. The summed E-state index contributed by atoms with van der Waals surface area (Å²) in [4.78, 5) is 0. The van der Waals surface area contributed by atoms with Crippen molar-refractivity contribution in [2.75, 3.05) is 17.6 Å². The van der Waals surface area contributed by atoms with Crippen LogP contribution < -0.4 is 15.4 Å². The third kappa shape index (κ3) is 7.62. The summed E-state index contributed by atoms with van der Waals surface area (Å²) >= 11 is 19.2. The molecule has 2 N–H and O–H groups in total. The van der Waals surface area contributed by atoms with E-state index in [1.54, 1.807) is 17.8 Å². The van der Waals surface area contributed by atoms with Gasteiger partial charge in [0.05, 0.1) is 6.10 Å². The zero-order valence-electron chi connectivity index (χ0n) is 14.7. The van der Waals surface area contributed by atoms with Crippen molar-refractivity contribution in [3.63, 3.8) is 0 Å². The first-order valence-electron chi connectivity index (χ1n) is 8.27. The van der Waals surface area contributed by atoms with E-state index in [4.69, 9.17) is 40.2 Å². The van der Waals surface area contributed by atoms with Crippen LogP contribution in [0, 0.1) is 0 Å². The molecule has 26 heavy (non-hydrogen) atoms. The number of benzene rings is 2. The molecule has 0 aliphatic heterocycles. The van der Waals surface area contributed by atoms with Crippen LogP contribution in [0.3, 0.4) is 0 Å². The smallest absolute Gasteiger partial charge is 0.170 e. The van der Waals surface area contributed by atoms with Gasteiger partial charge in [-0.3, -0.25) is 0 Å². The molecule has 0 heterocycles. The van der Waals surface area contributed by atoms with E-state index < -0.39 is 0 Å². The van der Waals surface area contributed by atoms with Crippen LogP contribution in [-0.2, 0) is 5.75 Å². The molecular formula is C19H22Cl2N2OS2. The fourth-order valence-corrected chi connectivity index (χ4v) is 3.79. The van der Waals surface area contributed by atoms with Crippen LogP contribution in [0.5, 0.6) is 5.75 Å². The molecule has 0 bridgehead atoms. The normalized spacial score (nSPS) is 10.7. The zero-order chi connectivity index (χ0) is 18.9. The summed E-state index contributed by atoms with van der Waals surface area (Å²) in [7, 11) is 0. The number of rotatable bonds is 8. The van der Waals surface area contributed by atoms with E-state index in [1.165, 1.54) is 0 Å². The van der Waals surface area contributed by atoms with Crippen LogP contribution in [0.25, 0.3) is 0 Å². The summed E-state index contributed by atoms with van der Waals surface area (Å²) in [6, 6.07) is 13.4. The highest BCUT2D eigenvalue weighted by atomic mass is 35.5. The van der Waals surface area contributed by atoms with Crippen LogP contribution in [0.1, 0.15) is 19.4 Å². The van der Waals surface area contributed by atoms with Crippen molar-refractivity contribution in [2.45, 2.75) is 25.7 Å². The lowest BCUT2D eigenvalue weighted by molar-refractivity contribution is 0.242. The van der Waals surface area contributed by atoms with Gasteiger partial charge in [0.25, 0.3) is 0 Å². The Balaban J connectivity index is 1.69. The molecule has 0 spiro atoms. The minimum absolute atomic E-state index is 0.140. The number of anilines is 1. The Labute approximate surface area is 174 Å². The molecule has 0 aliphatic rings. The van der Waals surface area contributed by atoms with Crippen LogP contribution in [0.4, 0.5) is 5.69 Å². The molecule has 7 heteroatoms. The molecule has 0 aliphatic carbocycles. The second-order valence-corrected chi connectivity index (χ2v) is 8.22. The first-order chi connectivity index (χ1) is 12.4. The van der Waals surface area contributed by atoms with E-state index in [-0.39, 0.29) is 6.10 Å². The van der Waals surface area contributed by atoms with Crippen LogP contribution in [-0.4, -0.2) is 23.5 Å². The molecule has 2 aromatic carbocycles. The Bertz CT molecular complexity index is 741. The van der Waals surface area contributed by atoms with E-state index in [9.17, 15) is 0 Å². The maximum absolute atomic E-state index is 6.17. The first-order valence-corrected chi connectivity index (χ1v) is 10.6. The highest BCUT2D eigenvalue weighted by Crippen LogP contribution is 2.24. The lowest BCUT2D eigenvalue weighted by atomic mass is 10.2. The monoisotopic (exact) mass is 428 g/mol.